The van der Waals surface area contributed by atoms with Crippen LogP contribution in [0.5, 0.6) is 23.0 Å². The Bertz CT molecular complexity index is 1620. The summed E-state index contributed by atoms with van der Waals surface area (Å²) in [5.41, 5.74) is 0.468. The smallest absolute Gasteiger partial charge is 0.359 e. The molecule has 1 N–H and O–H groups in total. The van der Waals surface area contributed by atoms with Crippen molar-refractivity contribution < 1.29 is 33.3 Å². The number of carbonyl (C=O) groups is 2. The Kier molecular flexibility index (Phi) is 8.70. The molecule has 0 fully saturated rings. The molecule has 4 aromatic rings. The van der Waals surface area contributed by atoms with E-state index in [0.717, 1.165) is 16.0 Å². The second-order valence-electron chi connectivity index (χ2n) is 8.12. The van der Waals surface area contributed by atoms with E-state index < -0.39 is 17.4 Å². The van der Waals surface area contributed by atoms with Gasteiger partial charge in [-0.15, -0.1) is 11.3 Å². The summed E-state index contributed by atoms with van der Waals surface area (Å²) in [4.78, 5) is 39.2. The van der Waals surface area contributed by atoms with Crippen molar-refractivity contribution in [1.82, 2.24) is 9.78 Å². The van der Waals surface area contributed by atoms with Crippen molar-refractivity contribution in [3.8, 4) is 28.7 Å². The Morgan fingerprint density at radius 2 is 1.68 bits per heavy atom. The summed E-state index contributed by atoms with van der Waals surface area (Å²) in [5.74, 6) is 0.699. The van der Waals surface area contributed by atoms with Gasteiger partial charge in [0.1, 0.15) is 10.8 Å². The number of anilines is 1. The van der Waals surface area contributed by atoms with Gasteiger partial charge in [-0.05, 0) is 55.0 Å². The molecule has 208 valence electrons. The van der Waals surface area contributed by atoms with E-state index in [1.165, 1.54) is 34.5 Å². The van der Waals surface area contributed by atoms with Crippen LogP contribution in [0.3, 0.4) is 0 Å². The number of amides is 1. The van der Waals surface area contributed by atoms with Crippen LogP contribution in [-0.4, -0.2) is 56.7 Å². The monoisotopic (exact) mass is 565 g/mol. The van der Waals surface area contributed by atoms with Crippen molar-refractivity contribution in [1.29, 1.82) is 0 Å². The second-order valence-corrected chi connectivity index (χ2v) is 9.00. The molecule has 0 unspecified atom stereocenters. The molecule has 0 bridgehead atoms. The van der Waals surface area contributed by atoms with Crippen molar-refractivity contribution in [3.63, 3.8) is 0 Å². The highest BCUT2D eigenvalue weighted by Gasteiger charge is 2.23. The first-order chi connectivity index (χ1) is 19.3. The van der Waals surface area contributed by atoms with Gasteiger partial charge in [0, 0.05) is 16.8 Å². The standard InChI is InChI=1S/C28H27N3O8S/c1-6-39-28(34)24-19-15-40-26(23(19)27(33)31(30-24)17-8-10-18(35-2)11-9-17)29-22(32)12-7-16-13-20(36-3)25(38-5)21(14-16)37-4/h7-15H,6H2,1-5H3,(H,29,32). The number of aromatic nitrogens is 2. The van der Waals surface area contributed by atoms with E-state index in [-0.39, 0.29) is 28.1 Å². The Labute approximate surface area is 233 Å². The average Bonchev–Trinajstić information content (AvgIpc) is 3.39. The molecule has 0 spiro atoms. The van der Waals surface area contributed by atoms with Crippen molar-refractivity contribution in [2.45, 2.75) is 6.92 Å². The predicted octanol–water partition coefficient (Wildman–Crippen LogP) is 4.31. The van der Waals surface area contributed by atoms with Crippen molar-refractivity contribution in [2.24, 2.45) is 0 Å². The van der Waals surface area contributed by atoms with Crippen LogP contribution in [0, 0.1) is 0 Å². The van der Waals surface area contributed by atoms with Gasteiger partial charge in [0.05, 0.1) is 46.1 Å². The Hall–Kier alpha value is -4.84. The number of nitrogens with zero attached hydrogens (tertiary/aromatic N) is 2. The number of esters is 1. The van der Waals surface area contributed by atoms with Crippen LogP contribution < -0.4 is 29.8 Å². The van der Waals surface area contributed by atoms with E-state index in [1.54, 1.807) is 54.8 Å². The molecule has 0 saturated carbocycles. The molecule has 0 saturated heterocycles. The highest BCUT2D eigenvalue weighted by molar-refractivity contribution is 7.16. The highest BCUT2D eigenvalue weighted by atomic mass is 32.1. The lowest BCUT2D eigenvalue weighted by Gasteiger charge is -2.12. The summed E-state index contributed by atoms with van der Waals surface area (Å²) in [6.07, 6.45) is 2.87. The van der Waals surface area contributed by atoms with E-state index in [4.69, 9.17) is 23.7 Å². The van der Waals surface area contributed by atoms with E-state index >= 15 is 0 Å². The first-order valence-corrected chi connectivity index (χ1v) is 12.9. The largest absolute Gasteiger partial charge is 0.497 e. The van der Waals surface area contributed by atoms with Gasteiger partial charge in [0.25, 0.3) is 5.56 Å². The molecule has 40 heavy (non-hydrogen) atoms. The van der Waals surface area contributed by atoms with Crippen molar-refractivity contribution in [2.75, 3.05) is 40.4 Å². The first kappa shape index (κ1) is 28.2. The van der Waals surface area contributed by atoms with E-state index in [2.05, 4.69) is 10.4 Å². The molecule has 0 radical (unpaired) electrons. The number of fused-ring (bicyclic) bond motifs is 1. The molecule has 0 aliphatic rings. The summed E-state index contributed by atoms with van der Waals surface area (Å²) in [6.45, 7) is 1.80. The second kappa shape index (κ2) is 12.3. The van der Waals surface area contributed by atoms with Crippen LogP contribution >= 0.6 is 11.3 Å². The van der Waals surface area contributed by atoms with Crippen LogP contribution in [0.25, 0.3) is 22.5 Å². The summed E-state index contributed by atoms with van der Waals surface area (Å²) < 4.78 is 27.5. The third kappa shape index (κ3) is 5.61. The lowest BCUT2D eigenvalue weighted by Crippen LogP contribution is -2.25. The van der Waals surface area contributed by atoms with Crippen LogP contribution in [0.15, 0.2) is 52.6 Å². The number of rotatable bonds is 10. The fraction of sp³-hybridized carbons (Fsp3) is 0.214. The number of ether oxygens (including phenoxy) is 5. The molecule has 1 amide bonds. The van der Waals surface area contributed by atoms with E-state index in [0.29, 0.717) is 34.2 Å². The molecule has 12 heteroatoms. The fourth-order valence-corrected chi connectivity index (χ4v) is 4.85. The average molecular weight is 566 g/mol. The highest BCUT2D eigenvalue weighted by Crippen LogP contribution is 2.38. The lowest BCUT2D eigenvalue weighted by molar-refractivity contribution is -0.111. The molecule has 0 aliphatic carbocycles. The van der Waals surface area contributed by atoms with Gasteiger partial charge >= 0.3 is 5.97 Å². The lowest BCUT2D eigenvalue weighted by atomic mass is 10.1. The zero-order valence-electron chi connectivity index (χ0n) is 22.5. The minimum Gasteiger partial charge on any atom is -0.497 e. The molecule has 4 rings (SSSR count). The third-order valence-electron chi connectivity index (χ3n) is 5.79. The molecule has 0 aliphatic heterocycles. The van der Waals surface area contributed by atoms with Crippen molar-refractivity contribution >= 4 is 45.1 Å². The molecular weight excluding hydrogens is 538 g/mol. The van der Waals surface area contributed by atoms with E-state index in [1.807, 2.05) is 0 Å². The minimum absolute atomic E-state index is 0.0445. The number of nitrogens with one attached hydrogen (secondary N) is 1. The maximum absolute atomic E-state index is 13.6. The normalized spacial score (nSPS) is 10.9. The van der Waals surface area contributed by atoms with Gasteiger partial charge < -0.3 is 29.0 Å². The molecular formula is C28H27N3O8S. The van der Waals surface area contributed by atoms with Crippen LogP contribution in [0.2, 0.25) is 0 Å². The summed E-state index contributed by atoms with van der Waals surface area (Å²) in [5, 5.41) is 9.30. The fourth-order valence-electron chi connectivity index (χ4n) is 3.91. The first-order valence-electron chi connectivity index (χ1n) is 12.0. The van der Waals surface area contributed by atoms with Gasteiger partial charge in [-0.1, -0.05) is 0 Å². The number of thiophene rings is 1. The molecule has 0 atom stereocenters. The van der Waals surface area contributed by atoms with Gasteiger partial charge in [0.15, 0.2) is 17.2 Å². The van der Waals surface area contributed by atoms with Gasteiger partial charge in [-0.25, -0.2) is 4.79 Å². The van der Waals surface area contributed by atoms with Crippen molar-refractivity contribution in [3.05, 3.63) is 69.5 Å². The van der Waals surface area contributed by atoms with Gasteiger partial charge in [-0.2, -0.15) is 9.78 Å². The minimum atomic E-state index is -0.687. The molecule has 11 nitrogen and oxygen atoms in total. The van der Waals surface area contributed by atoms with Gasteiger partial charge in [-0.3, -0.25) is 9.59 Å². The maximum Gasteiger partial charge on any atom is 0.359 e. The Morgan fingerprint density at radius 3 is 2.25 bits per heavy atom. The molecule has 2 aromatic carbocycles. The number of methoxy groups -OCH3 is 4. The zero-order valence-corrected chi connectivity index (χ0v) is 23.3. The zero-order chi connectivity index (χ0) is 28.8. The number of benzene rings is 2. The Morgan fingerprint density at radius 1 is 1.00 bits per heavy atom. The quantitative estimate of drug-likeness (QED) is 0.221. The van der Waals surface area contributed by atoms with Crippen LogP contribution in [-0.2, 0) is 9.53 Å². The SMILES string of the molecule is CCOC(=O)c1nn(-c2ccc(OC)cc2)c(=O)c2c(NC(=O)C=Cc3cc(OC)c(OC)c(OC)c3)scc12. The summed E-state index contributed by atoms with van der Waals surface area (Å²) in [7, 11) is 6.02. The number of hydrogen-bond acceptors (Lipinski definition) is 10. The predicted molar refractivity (Wildman–Crippen MR) is 151 cm³/mol. The number of hydrogen-bond donors (Lipinski definition) is 1. The maximum atomic E-state index is 13.6. The topological polar surface area (TPSA) is 127 Å². The van der Waals surface area contributed by atoms with Crippen LogP contribution in [0.1, 0.15) is 23.0 Å². The summed E-state index contributed by atoms with van der Waals surface area (Å²) in [6, 6.07) is 9.99. The van der Waals surface area contributed by atoms with E-state index in [9.17, 15) is 14.4 Å². The van der Waals surface area contributed by atoms with Gasteiger partial charge in [0.2, 0.25) is 11.7 Å². The van der Waals surface area contributed by atoms with Crippen LogP contribution in [0.4, 0.5) is 5.00 Å². The molecule has 2 heterocycles. The third-order valence-corrected chi connectivity index (χ3v) is 6.68. The Balaban J connectivity index is 1.73. The molecule has 2 aromatic heterocycles. The number of carbonyl (C=O) groups excluding carboxylic acids is 2. The summed E-state index contributed by atoms with van der Waals surface area (Å²) >= 11 is 1.10.